The molecule has 3 N–H and O–H groups in total. The highest BCUT2D eigenvalue weighted by Crippen LogP contribution is 2.30. The Hall–Kier alpha value is -2.33. The van der Waals surface area contributed by atoms with E-state index < -0.39 is 0 Å². The Kier molecular flexibility index (Phi) is 3.16. The normalized spacial score (nSPS) is 13.0. The van der Waals surface area contributed by atoms with Gasteiger partial charge in [-0.05, 0) is 41.5 Å². The van der Waals surface area contributed by atoms with Crippen molar-refractivity contribution in [1.29, 1.82) is 0 Å². The first-order chi connectivity index (χ1) is 9.67. The molecule has 0 atom stereocenters. The smallest absolute Gasteiger partial charge is 0.228 e. The van der Waals surface area contributed by atoms with Gasteiger partial charge in [-0.15, -0.1) is 0 Å². The summed E-state index contributed by atoms with van der Waals surface area (Å²) in [5, 5.41) is 2.85. The molecule has 102 valence electrons. The number of carbonyl (C=O) groups is 1. The molecule has 0 unspecified atom stereocenters. The summed E-state index contributed by atoms with van der Waals surface area (Å²) in [4.78, 5) is 13.5. The number of rotatable bonds is 3. The molecule has 1 aliphatic heterocycles. The molecule has 0 saturated carbocycles. The fraction of sp³-hybridized carbons (Fsp3) is 0.188. The van der Waals surface area contributed by atoms with Crippen molar-refractivity contribution in [3.63, 3.8) is 0 Å². The van der Waals surface area contributed by atoms with Crippen LogP contribution in [-0.2, 0) is 17.8 Å². The van der Waals surface area contributed by atoms with Crippen molar-refractivity contribution in [2.45, 2.75) is 13.0 Å². The molecule has 0 aliphatic carbocycles. The number of hydrogen-bond acceptors (Lipinski definition) is 3. The fourth-order valence-electron chi connectivity index (χ4n) is 2.43. The van der Waals surface area contributed by atoms with Gasteiger partial charge in [-0.3, -0.25) is 4.79 Å². The summed E-state index contributed by atoms with van der Waals surface area (Å²) in [5.41, 5.74) is 10.9. The van der Waals surface area contributed by atoms with Gasteiger partial charge in [0.05, 0.1) is 6.42 Å². The van der Waals surface area contributed by atoms with E-state index in [0.717, 1.165) is 28.2 Å². The Morgan fingerprint density at radius 2 is 1.85 bits per heavy atom. The van der Waals surface area contributed by atoms with E-state index in [1.165, 1.54) is 0 Å². The summed E-state index contributed by atoms with van der Waals surface area (Å²) in [6.07, 6.45) is 0.461. The molecule has 0 saturated heterocycles. The predicted octanol–water partition coefficient (Wildman–Crippen LogP) is 2.41. The van der Waals surface area contributed by atoms with Gasteiger partial charge in [-0.2, -0.15) is 0 Å². The predicted molar refractivity (Wildman–Crippen MR) is 81.2 cm³/mol. The second-order valence-corrected chi connectivity index (χ2v) is 5.00. The number of carbonyl (C=O) groups excluding carboxylic acids is 1. The lowest BCUT2D eigenvalue weighted by molar-refractivity contribution is -0.115. The Balaban J connectivity index is 1.88. The molecule has 2 aromatic rings. The Bertz CT molecular complexity index is 649. The molecule has 4 nitrogen and oxygen atoms in total. The number of benzene rings is 2. The monoisotopic (exact) mass is 267 g/mol. The molecule has 1 aliphatic rings. The van der Waals surface area contributed by atoms with Crippen LogP contribution in [0.1, 0.15) is 11.1 Å². The zero-order valence-electron chi connectivity index (χ0n) is 11.4. The minimum absolute atomic E-state index is 0.0621. The second-order valence-electron chi connectivity index (χ2n) is 5.00. The third-order valence-corrected chi connectivity index (χ3v) is 3.66. The first kappa shape index (κ1) is 12.7. The van der Waals surface area contributed by atoms with Crippen molar-refractivity contribution < 1.29 is 4.79 Å². The molecular formula is C16H17N3O. The van der Waals surface area contributed by atoms with Crippen molar-refractivity contribution in [3.05, 3.63) is 53.6 Å². The van der Waals surface area contributed by atoms with E-state index in [2.05, 4.69) is 28.4 Å². The van der Waals surface area contributed by atoms with Crippen molar-refractivity contribution in [2.24, 2.45) is 5.73 Å². The first-order valence-electron chi connectivity index (χ1n) is 6.63. The van der Waals surface area contributed by atoms with Crippen LogP contribution in [0.3, 0.4) is 0 Å². The summed E-state index contributed by atoms with van der Waals surface area (Å²) in [7, 11) is 2.02. The molecule has 1 heterocycles. The number of amides is 1. The summed E-state index contributed by atoms with van der Waals surface area (Å²) in [5.74, 6) is 0.0621. The van der Waals surface area contributed by atoms with Gasteiger partial charge in [-0.25, -0.2) is 0 Å². The van der Waals surface area contributed by atoms with Gasteiger partial charge in [0.25, 0.3) is 0 Å². The van der Waals surface area contributed by atoms with Crippen LogP contribution in [0, 0.1) is 0 Å². The summed E-state index contributed by atoms with van der Waals surface area (Å²) in [6.45, 7) is 0.552. The standard InChI is InChI=1S/C16H17N3O/c1-19(13-4-2-11(10-17)3-5-13)14-6-7-15-12(8-14)9-16(20)18-15/h2-8H,9-10,17H2,1H3,(H,18,20). The number of fused-ring (bicyclic) bond motifs is 1. The van der Waals surface area contributed by atoms with Crippen LogP contribution in [0.2, 0.25) is 0 Å². The van der Waals surface area contributed by atoms with Gasteiger partial charge in [0.1, 0.15) is 0 Å². The zero-order valence-corrected chi connectivity index (χ0v) is 11.4. The van der Waals surface area contributed by atoms with Gasteiger partial charge >= 0.3 is 0 Å². The summed E-state index contributed by atoms with van der Waals surface area (Å²) >= 11 is 0. The highest BCUT2D eigenvalue weighted by Gasteiger charge is 2.18. The molecule has 0 bridgehead atoms. The molecule has 0 spiro atoms. The molecule has 4 heteroatoms. The lowest BCUT2D eigenvalue weighted by Crippen LogP contribution is -2.09. The van der Waals surface area contributed by atoms with Gasteiger partial charge in [0, 0.05) is 30.7 Å². The number of hydrogen-bond donors (Lipinski definition) is 2. The first-order valence-corrected chi connectivity index (χ1v) is 6.63. The van der Waals surface area contributed by atoms with Crippen LogP contribution in [0.5, 0.6) is 0 Å². The van der Waals surface area contributed by atoms with E-state index in [1.54, 1.807) is 0 Å². The van der Waals surface area contributed by atoms with Crippen LogP contribution >= 0.6 is 0 Å². The maximum absolute atomic E-state index is 11.4. The molecule has 20 heavy (non-hydrogen) atoms. The molecular weight excluding hydrogens is 250 g/mol. The lowest BCUT2D eigenvalue weighted by atomic mass is 10.1. The van der Waals surface area contributed by atoms with Crippen LogP contribution in [0.4, 0.5) is 17.1 Å². The second kappa shape index (κ2) is 4.98. The van der Waals surface area contributed by atoms with Gasteiger partial charge in [0.15, 0.2) is 0 Å². The minimum atomic E-state index is 0.0621. The molecule has 0 aromatic heterocycles. The van der Waals surface area contributed by atoms with Crippen LogP contribution in [0.15, 0.2) is 42.5 Å². The van der Waals surface area contributed by atoms with E-state index in [9.17, 15) is 4.79 Å². The number of nitrogens with two attached hydrogens (primary N) is 1. The van der Waals surface area contributed by atoms with Crippen molar-refractivity contribution >= 4 is 23.0 Å². The average molecular weight is 267 g/mol. The van der Waals surface area contributed by atoms with Crippen molar-refractivity contribution in [2.75, 3.05) is 17.3 Å². The van der Waals surface area contributed by atoms with Crippen LogP contribution in [-0.4, -0.2) is 13.0 Å². The molecule has 2 aromatic carbocycles. The third kappa shape index (κ3) is 2.26. The maximum Gasteiger partial charge on any atom is 0.228 e. The van der Waals surface area contributed by atoms with Crippen molar-refractivity contribution in [1.82, 2.24) is 0 Å². The number of nitrogens with zero attached hydrogens (tertiary/aromatic N) is 1. The van der Waals surface area contributed by atoms with Crippen LogP contribution < -0.4 is 16.0 Å². The highest BCUT2D eigenvalue weighted by molar-refractivity contribution is 5.99. The molecule has 3 rings (SSSR count). The van der Waals surface area contributed by atoms with E-state index in [-0.39, 0.29) is 5.91 Å². The van der Waals surface area contributed by atoms with Gasteiger partial charge in [0.2, 0.25) is 5.91 Å². The fourth-order valence-corrected chi connectivity index (χ4v) is 2.43. The van der Waals surface area contributed by atoms with E-state index in [0.29, 0.717) is 13.0 Å². The van der Waals surface area contributed by atoms with E-state index >= 15 is 0 Å². The zero-order chi connectivity index (χ0) is 14.1. The maximum atomic E-state index is 11.4. The van der Waals surface area contributed by atoms with E-state index in [4.69, 9.17) is 5.73 Å². The third-order valence-electron chi connectivity index (χ3n) is 3.66. The SMILES string of the molecule is CN(c1ccc(CN)cc1)c1ccc2c(c1)CC(=O)N2. The topological polar surface area (TPSA) is 58.4 Å². The minimum Gasteiger partial charge on any atom is -0.345 e. The van der Waals surface area contributed by atoms with E-state index in [1.807, 2.05) is 31.3 Å². The number of anilines is 3. The summed E-state index contributed by atoms with van der Waals surface area (Å²) in [6, 6.07) is 14.2. The molecule has 0 fully saturated rings. The Morgan fingerprint density at radius 3 is 2.55 bits per heavy atom. The van der Waals surface area contributed by atoms with Crippen molar-refractivity contribution in [3.8, 4) is 0 Å². The average Bonchev–Trinajstić information content (AvgIpc) is 2.85. The Morgan fingerprint density at radius 1 is 1.15 bits per heavy atom. The van der Waals surface area contributed by atoms with Crippen LogP contribution in [0.25, 0.3) is 0 Å². The van der Waals surface area contributed by atoms with Gasteiger partial charge < -0.3 is 16.0 Å². The Labute approximate surface area is 118 Å². The molecule has 1 amide bonds. The lowest BCUT2D eigenvalue weighted by Gasteiger charge is -2.20. The number of nitrogens with one attached hydrogen (secondary N) is 1. The molecule has 0 radical (unpaired) electrons. The highest BCUT2D eigenvalue weighted by atomic mass is 16.1. The summed E-state index contributed by atoms with van der Waals surface area (Å²) < 4.78 is 0. The van der Waals surface area contributed by atoms with Gasteiger partial charge in [-0.1, -0.05) is 12.1 Å². The quantitative estimate of drug-likeness (QED) is 0.897. The largest absolute Gasteiger partial charge is 0.345 e.